The molecular weight excluding hydrogens is 338 g/mol. The summed E-state index contributed by atoms with van der Waals surface area (Å²) in [5, 5.41) is 8.10. The van der Waals surface area contributed by atoms with Gasteiger partial charge in [-0.2, -0.15) is 16.3 Å². The molecule has 1 unspecified atom stereocenters. The fourth-order valence-corrected chi connectivity index (χ4v) is 4.36. The van der Waals surface area contributed by atoms with E-state index in [-0.39, 0.29) is 5.92 Å². The number of nitrogens with zero attached hydrogens (tertiary/aromatic N) is 3. The molecule has 0 spiro atoms. The van der Waals surface area contributed by atoms with Crippen molar-refractivity contribution in [3.05, 3.63) is 22.7 Å². The van der Waals surface area contributed by atoms with E-state index in [2.05, 4.69) is 10.1 Å². The van der Waals surface area contributed by atoms with Crippen LogP contribution in [0.1, 0.15) is 31.6 Å². The smallest absolute Gasteiger partial charge is 0.227 e. The van der Waals surface area contributed by atoms with Gasteiger partial charge in [-0.25, -0.2) is 0 Å². The summed E-state index contributed by atoms with van der Waals surface area (Å²) in [6.45, 7) is 3.09. The first-order chi connectivity index (χ1) is 12.3. The Balaban J connectivity index is 1.36. The van der Waals surface area contributed by atoms with Crippen LogP contribution in [-0.4, -0.2) is 47.3 Å². The molecule has 2 aromatic heterocycles. The fourth-order valence-electron chi connectivity index (χ4n) is 3.73. The normalized spacial score (nSPS) is 22.2. The lowest BCUT2D eigenvalue weighted by molar-refractivity contribution is -0.140. The summed E-state index contributed by atoms with van der Waals surface area (Å²) in [4.78, 5) is 19.3. The van der Waals surface area contributed by atoms with Gasteiger partial charge in [-0.05, 0) is 43.0 Å². The van der Waals surface area contributed by atoms with Crippen LogP contribution in [0, 0.1) is 11.8 Å². The number of aromatic nitrogens is 2. The number of carbonyl (C=O) groups is 1. The standard InChI is InChI=1S/C18H23N3O3S/c22-18(14-3-7-23-8-4-14)21-6-1-2-13(11-21)10-16-19-17(20-24-16)15-5-9-25-12-15/h5,9,12-14H,1-4,6-8,10-11H2. The van der Waals surface area contributed by atoms with E-state index in [4.69, 9.17) is 9.26 Å². The lowest BCUT2D eigenvalue weighted by atomic mass is 9.92. The van der Waals surface area contributed by atoms with Crippen LogP contribution in [0.5, 0.6) is 0 Å². The molecule has 25 heavy (non-hydrogen) atoms. The third-order valence-corrected chi connectivity index (χ3v) is 5.80. The number of piperidine rings is 1. The Labute approximate surface area is 151 Å². The maximum atomic E-state index is 12.7. The zero-order valence-corrected chi connectivity index (χ0v) is 15.0. The van der Waals surface area contributed by atoms with Gasteiger partial charge in [-0.1, -0.05) is 5.16 Å². The number of hydrogen-bond acceptors (Lipinski definition) is 6. The SMILES string of the molecule is O=C(C1CCOCC1)N1CCCC(Cc2nc(-c3ccsc3)no2)C1. The molecule has 0 saturated carbocycles. The molecule has 0 bridgehead atoms. The summed E-state index contributed by atoms with van der Waals surface area (Å²) in [6.07, 6.45) is 4.61. The molecule has 1 atom stereocenters. The van der Waals surface area contributed by atoms with E-state index in [0.29, 0.717) is 36.8 Å². The van der Waals surface area contributed by atoms with Crippen molar-refractivity contribution >= 4 is 17.2 Å². The summed E-state index contributed by atoms with van der Waals surface area (Å²) in [5.41, 5.74) is 1.000. The lowest BCUT2D eigenvalue weighted by Gasteiger charge is -2.35. The molecule has 2 fully saturated rings. The van der Waals surface area contributed by atoms with E-state index in [9.17, 15) is 4.79 Å². The first-order valence-corrected chi connectivity index (χ1v) is 9.95. The van der Waals surface area contributed by atoms with Gasteiger partial charge in [0.15, 0.2) is 0 Å². The highest BCUT2D eigenvalue weighted by Gasteiger charge is 2.30. The van der Waals surface area contributed by atoms with Crippen molar-refractivity contribution in [3.63, 3.8) is 0 Å². The number of rotatable bonds is 4. The van der Waals surface area contributed by atoms with Crippen LogP contribution in [0.4, 0.5) is 0 Å². The maximum absolute atomic E-state index is 12.7. The monoisotopic (exact) mass is 361 g/mol. The number of carbonyl (C=O) groups excluding carboxylic acids is 1. The van der Waals surface area contributed by atoms with E-state index >= 15 is 0 Å². The minimum atomic E-state index is 0.140. The molecule has 0 aromatic carbocycles. The van der Waals surface area contributed by atoms with Crippen molar-refractivity contribution < 1.29 is 14.1 Å². The molecule has 0 aliphatic carbocycles. The molecule has 2 aliphatic rings. The topological polar surface area (TPSA) is 68.5 Å². The molecule has 2 aromatic rings. The van der Waals surface area contributed by atoms with Crippen LogP contribution in [-0.2, 0) is 16.0 Å². The summed E-state index contributed by atoms with van der Waals surface area (Å²) < 4.78 is 10.8. The summed E-state index contributed by atoms with van der Waals surface area (Å²) in [6, 6.07) is 1.99. The molecule has 1 amide bonds. The second kappa shape index (κ2) is 7.66. The van der Waals surface area contributed by atoms with Crippen molar-refractivity contribution in [2.75, 3.05) is 26.3 Å². The third kappa shape index (κ3) is 3.93. The third-order valence-electron chi connectivity index (χ3n) is 5.11. The molecule has 4 heterocycles. The second-order valence-electron chi connectivity index (χ2n) is 6.91. The first-order valence-electron chi connectivity index (χ1n) is 9.01. The minimum absolute atomic E-state index is 0.140. The van der Waals surface area contributed by atoms with Crippen molar-refractivity contribution in [1.29, 1.82) is 0 Å². The van der Waals surface area contributed by atoms with Gasteiger partial charge < -0.3 is 14.2 Å². The summed E-state index contributed by atoms with van der Waals surface area (Å²) >= 11 is 1.62. The van der Waals surface area contributed by atoms with Gasteiger partial charge in [0.05, 0.1) is 0 Å². The largest absolute Gasteiger partial charge is 0.381 e. The van der Waals surface area contributed by atoms with Crippen molar-refractivity contribution in [1.82, 2.24) is 15.0 Å². The molecule has 4 rings (SSSR count). The minimum Gasteiger partial charge on any atom is -0.381 e. The van der Waals surface area contributed by atoms with E-state index in [1.165, 1.54) is 0 Å². The highest BCUT2D eigenvalue weighted by Crippen LogP contribution is 2.25. The Hall–Kier alpha value is -1.73. The van der Waals surface area contributed by atoms with E-state index in [1.807, 2.05) is 21.7 Å². The van der Waals surface area contributed by atoms with E-state index < -0.39 is 0 Å². The number of hydrogen-bond donors (Lipinski definition) is 0. The van der Waals surface area contributed by atoms with E-state index in [1.54, 1.807) is 11.3 Å². The number of amides is 1. The van der Waals surface area contributed by atoms with Crippen LogP contribution in [0.15, 0.2) is 21.3 Å². The van der Waals surface area contributed by atoms with Gasteiger partial charge >= 0.3 is 0 Å². The predicted molar refractivity (Wildman–Crippen MR) is 94.2 cm³/mol. The predicted octanol–water partition coefficient (Wildman–Crippen LogP) is 3.01. The van der Waals surface area contributed by atoms with Crippen LogP contribution in [0.3, 0.4) is 0 Å². The van der Waals surface area contributed by atoms with Crippen LogP contribution in [0.25, 0.3) is 11.4 Å². The zero-order valence-electron chi connectivity index (χ0n) is 14.2. The Kier molecular flexibility index (Phi) is 5.12. The number of thiophene rings is 1. The maximum Gasteiger partial charge on any atom is 0.227 e. The second-order valence-corrected chi connectivity index (χ2v) is 7.69. The van der Waals surface area contributed by atoms with Crippen LogP contribution in [0.2, 0.25) is 0 Å². The first kappa shape index (κ1) is 16.7. The molecule has 2 saturated heterocycles. The van der Waals surface area contributed by atoms with Crippen molar-refractivity contribution in [2.45, 2.75) is 32.1 Å². The Bertz CT molecular complexity index is 694. The van der Waals surface area contributed by atoms with Gasteiger partial charge in [0.1, 0.15) is 0 Å². The molecule has 0 N–H and O–H groups in total. The average molecular weight is 361 g/mol. The summed E-state index contributed by atoms with van der Waals surface area (Å²) in [5.74, 6) is 2.17. The number of ether oxygens (including phenoxy) is 1. The molecule has 2 aliphatic heterocycles. The van der Waals surface area contributed by atoms with Gasteiger partial charge in [0.25, 0.3) is 0 Å². The van der Waals surface area contributed by atoms with E-state index in [0.717, 1.165) is 50.8 Å². The number of likely N-dealkylation sites (tertiary alicyclic amines) is 1. The molecule has 6 nitrogen and oxygen atoms in total. The van der Waals surface area contributed by atoms with Gasteiger partial charge in [-0.3, -0.25) is 4.79 Å². The quantitative estimate of drug-likeness (QED) is 0.837. The van der Waals surface area contributed by atoms with Crippen LogP contribution < -0.4 is 0 Å². The molecular formula is C18H23N3O3S. The highest BCUT2D eigenvalue weighted by molar-refractivity contribution is 7.08. The van der Waals surface area contributed by atoms with Crippen molar-refractivity contribution in [3.8, 4) is 11.4 Å². The van der Waals surface area contributed by atoms with Gasteiger partial charge in [0.2, 0.25) is 17.6 Å². The Morgan fingerprint density at radius 1 is 1.32 bits per heavy atom. The average Bonchev–Trinajstić information content (AvgIpc) is 3.34. The zero-order chi connectivity index (χ0) is 17.1. The van der Waals surface area contributed by atoms with Crippen molar-refractivity contribution in [2.24, 2.45) is 11.8 Å². The van der Waals surface area contributed by atoms with Crippen LogP contribution >= 0.6 is 11.3 Å². The Morgan fingerprint density at radius 3 is 3.00 bits per heavy atom. The molecule has 134 valence electrons. The van der Waals surface area contributed by atoms with Gasteiger partial charge in [0, 0.05) is 49.6 Å². The molecule has 7 heteroatoms. The lowest BCUT2D eigenvalue weighted by Crippen LogP contribution is -2.44. The fraction of sp³-hybridized carbons (Fsp3) is 0.611. The Morgan fingerprint density at radius 2 is 2.20 bits per heavy atom. The van der Waals surface area contributed by atoms with Gasteiger partial charge in [-0.15, -0.1) is 0 Å². The highest BCUT2D eigenvalue weighted by atomic mass is 32.1. The summed E-state index contributed by atoms with van der Waals surface area (Å²) in [7, 11) is 0. The molecule has 0 radical (unpaired) electrons.